The number of carbonyl (C=O) groups is 1. The molecule has 166 valence electrons. The molecule has 2 aromatic carbocycles. The molecule has 8 heteroatoms. The van der Waals surface area contributed by atoms with E-state index in [-0.39, 0.29) is 24.8 Å². The van der Waals surface area contributed by atoms with Crippen molar-refractivity contribution in [2.45, 2.75) is 50.4 Å². The molecule has 2 aliphatic rings. The van der Waals surface area contributed by atoms with Gasteiger partial charge >= 0.3 is 0 Å². The van der Waals surface area contributed by atoms with Gasteiger partial charge in [-0.3, -0.25) is 9.36 Å². The summed E-state index contributed by atoms with van der Waals surface area (Å²) in [5.74, 6) is 2.61. The van der Waals surface area contributed by atoms with Crippen molar-refractivity contribution in [2.75, 3.05) is 12.5 Å². The minimum absolute atomic E-state index is 0.155. The van der Waals surface area contributed by atoms with E-state index in [1.165, 1.54) is 18.2 Å². The Morgan fingerprint density at radius 2 is 1.78 bits per heavy atom. The lowest BCUT2D eigenvalue weighted by Crippen LogP contribution is -2.48. The monoisotopic (exact) mass is 450 g/mol. The van der Waals surface area contributed by atoms with Gasteiger partial charge in [-0.05, 0) is 63.4 Å². The summed E-state index contributed by atoms with van der Waals surface area (Å²) in [7, 11) is 0. The molecule has 0 saturated carbocycles. The van der Waals surface area contributed by atoms with Crippen LogP contribution in [0.2, 0.25) is 0 Å². The maximum atomic E-state index is 13.1. The Morgan fingerprint density at radius 1 is 1.03 bits per heavy atom. The van der Waals surface area contributed by atoms with Crippen LogP contribution in [0.5, 0.6) is 11.5 Å². The number of piperidine rings is 1. The summed E-state index contributed by atoms with van der Waals surface area (Å²) in [5.41, 5.74) is 1.82. The Labute approximate surface area is 191 Å². The highest BCUT2D eigenvalue weighted by Crippen LogP contribution is 2.37. The second kappa shape index (κ2) is 8.86. The maximum Gasteiger partial charge on any atom is 0.233 e. The number of thioether (sulfide) groups is 1. The number of fused-ring (bicyclic) bond motifs is 1. The van der Waals surface area contributed by atoms with Gasteiger partial charge in [-0.15, -0.1) is 10.2 Å². The molecule has 32 heavy (non-hydrogen) atoms. The normalized spacial score (nSPS) is 19.9. The van der Waals surface area contributed by atoms with Crippen molar-refractivity contribution in [3.05, 3.63) is 48.5 Å². The minimum atomic E-state index is 0.155. The van der Waals surface area contributed by atoms with Gasteiger partial charge in [0.1, 0.15) is 0 Å². The van der Waals surface area contributed by atoms with Crippen LogP contribution in [0.25, 0.3) is 17.1 Å². The fourth-order valence-corrected chi connectivity index (χ4v) is 5.33. The molecular weight excluding hydrogens is 424 g/mol. The molecule has 3 aromatic rings. The van der Waals surface area contributed by atoms with Gasteiger partial charge in [0.2, 0.25) is 12.7 Å². The summed E-state index contributed by atoms with van der Waals surface area (Å²) >= 11 is 1.43. The van der Waals surface area contributed by atoms with E-state index in [0.717, 1.165) is 29.8 Å². The van der Waals surface area contributed by atoms with E-state index in [9.17, 15) is 4.79 Å². The van der Waals surface area contributed by atoms with Crippen LogP contribution >= 0.6 is 11.8 Å². The molecule has 2 aliphatic heterocycles. The van der Waals surface area contributed by atoms with Crippen LogP contribution in [0, 0.1) is 0 Å². The van der Waals surface area contributed by atoms with Crippen LogP contribution in [0.1, 0.15) is 33.1 Å². The lowest BCUT2D eigenvalue weighted by atomic mass is 9.98. The summed E-state index contributed by atoms with van der Waals surface area (Å²) < 4.78 is 13.0. The van der Waals surface area contributed by atoms with Crippen LogP contribution in [0.15, 0.2) is 53.7 Å². The smallest absolute Gasteiger partial charge is 0.233 e. The molecule has 7 nitrogen and oxygen atoms in total. The quantitative estimate of drug-likeness (QED) is 0.532. The van der Waals surface area contributed by atoms with Crippen molar-refractivity contribution in [2.24, 2.45) is 0 Å². The van der Waals surface area contributed by atoms with E-state index >= 15 is 0 Å². The summed E-state index contributed by atoms with van der Waals surface area (Å²) in [6.07, 6.45) is 3.31. The molecule has 0 radical (unpaired) electrons. The number of nitrogens with zero attached hydrogens (tertiary/aromatic N) is 4. The number of benzene rings is 2. The Morgan fingerprint density at radius 3 is 2.56 bits per heavy atom. The second-order valence-corrected chi connectivity index (χ2v) is 9.21. The molecule has 1 saturated heterocycles. The third kappa shape index (κ3) is 3.95. The Balaban J connectivity index is 1.45. The average molecular weight is 451 g/mol. The largest absolute Gasteiger partial charge is 0.454 e. The predicted molar refractivity (Wildman–Crippen MR) is 123 cm³/mol. The van der Waals surface area contributed by atoms with Crippen LogP contribution in [0.3, 0.4) is 0 Å². The number of ether oxygens (including phenoxy) is 2. The van der Waals surface area contributed by atoms with E-state index in [1.807, 2.05) is 58.0 Å². The van der Waals surface area contributed by atoms with Crippen molar-refractivity contribution < 1.29 is 14.3 Å². The maximum absolute atomic E-state index is 13.1. The van der Waals surface area contributed by atoms with Gasteiger partial charge in [0.15, 0.2) is 22.5 Å². The Hall–Kier alpha value is -3.00. The molecule has 1 fully saturated rings. The van der Waals surface area contributed by atoms with Crippen molar-refractivity contribution >= 4 is 17.7 Å². The first-order valence-corrected chi connectivity index (χ1v) is 11.9. The molecule has 0 spiro atoms. The third-order valence-corrected chi connectivity index (χ3v) is 7.00. The number of hydrogen-bond donors (Lipinski definition) is 0. The topological polar surface area (TPSA) is 69.5 Å². The highest BCUT2D eigenvalue weighted by molar-refractivity contribution is 7.99. The van der Waals surface area contributed by atoms with Gasteiger partial charge in [-0.25, -0.2) is 0 Å². The van der Waals surface area contributed by atoms with Crippen molar-refractivity contribution in [1.29, 1.82) is 0 Å². The summed E-state index contributed by atoms with van der Waals surface area (Å²) in [6, 6.07) is 16.3. The SMILES string of the molecule is CC1CCCC(C)N1C(=O)CSc1nnc(-c2ccc3c(c2)OCO3)n1-c1ccccc1. The molecule has 3 heterocycles. The van der Waals surface area contributed by atoms with Crippen LogP contribution in [0.4, 0.5) is 0 Å². The lowest BCUT2D eigenvalue weighted by molar-refractivity contribution is -0.134. The van der Waals surface area contributed by atoms with Gasteiger partial charge in [0.25, 0.3) is 0 Å². The predicted octanol–water partition coefficient (Wildman–Crippen LogP) is 4.54. The summed E-state index contributed by atoms with van der Waals surface area (Å²) in [5, 5.41) is 9.62. The fraction of sp³-hybridized carbons (Fsp3) is 0.375. The Bertz CT molecular complexity index is 1110. The van der Waals surface area contributed by atoms with Gasteiger partial charge in [-0.1, -0.05) is 30.0 Å². The first-order chi connectivity index (χ1) is 15.6. The average Bonchev–Trinajstić information content (AvgIpc) is 3.44. The van der Waals surface area contributed by atoms with Crippen molar-refractivity contribution in [3.63, 3.8) is 0 Å². The third-order valence-electron chi connectivity index (χ3n) is 6.08. The number of amides is 1. The second-order valence-electron chi connectivity index (χ2n) is 8.26. The Kier molecular flexibility index (Phi) is 5.78. The van der Waals surface area contributed by atoms with Crippen LogP contribution in [-0.2, 0) is 4.79 Å². The van der Waals surface area contributed by atoms with Gasteiger partial charge in [0.05, 0.1) is 5.75 Å². The van der Waals surface area contributed by atoms with Gasteiger partial charge < -0.3 is 14.4 Å². The first-order valence-electron chi connectivity index (χ1n) is 11.0. The molecule has 0 aliphatic carbocycles. The fourth-order valence-electron chi connectivity index (χ4n) is 4.51. The van der Waals surface area contributed by atoms with Gasteiger partial charge in [0, 0.05) is 23.3 Å². The zero-order chi connectivity index (χ0) is 22.1. The van der Waals surface area contributed by atoms with Crippen LogP contribution < -0.4 is 9.47 Å². The minimum Gasteiger partial charge on any atom is -0.454 e. The molecule has 2 atom stereocenters. The van der Waals surface area contributed by atoms with E-state index in [0.29, 0.717) is 22.5 Å². The number of aromatic nitrogens is 3. The number of carbonyl (C=O) groups excluding carboxylic acids is 1. The lowest BCUT2D eigenvalue weighted by Gasteiger charge is -2.39. The molecule has 1 aromatic heterocycles. The number of para-hydroxylation sites is 1. The molecular formula is C24H26N4O3S. The van der Waals surface area contributed by atoms with E-state index < -0.39 is 0 Å². The van der Waals surface area contributed by atoms with E-state index in [1.54, 1.807) is 0 Å². The first kappa shape index (κ1) is 20.9. The molecule has 2 unspecified atom stereocenters. The van der Waals surface area contributed by atoms with E-state index in [2.05, 4.69) is 24.0 Å². The number of rotatable bonds is 5. The highest BCUT2D eigenvalue weighted by atomic mass is 32.2. The molecule has 5 rings (SSSR count). The molecule has 0 bridgehead atoms. The van der Waals surface area contributed by atoms with Crippen molar-refractivity contribution in [3.8, 4) is 28.6 Å². The van der Waals surface area contributed by atoms with Crippen LogP contribution in [-0.4, -0.2) is 50.2 Å². The standard InChI is InChI=1S/C24H26N4O3S/c1-16-7-6-8-17(2)27(16)22(29)14-32-24-26-25-23(28(24)19-9-4-3-5-10-19)18-11-12-20-21(13-18)31-15-30-20/h3-5,9-13,16-17H,6-8,14-15H2,1-2H3. The molecule has 0 N–H and O–H groups in total. The number of hydrogen-bond acceptors (Lipinski definition) is 6. The van der Waals surface area contributed by atoms with Crippen molar-refractivity contribution in [1.82, 2.24) is 19.7 Å². The summed E-state index contributed by atoms with van der Waals surface area (Å²) in [4.78, 5) is 15.1. The zero-order valence-corrected chi connectivity index (χ0v) is 19.0. The summed E-state index contributed by atoms with van der Waals surface area (Å²) in [6.45, 7) is 4.51. The highest BCUT2D eigenvalue weighted by Gasteiger charge is 2.29. The van der Waals surface area contributed by atoms with E-state index in [4.69, 9.17) is 9.47 Å². The molecule has 1 amide bonds. The zero-order valence-electron chi connectivity index (χ0n) is 18.2. The number of likely N-dealkylation sites (tertiary alicyclic amines) is 1. The van der Waals surface area contributed by atoms with Gasteiger partial charge in [-0.2, -0.15) is 0 Å².